The monoisotopic (exact) mass is 368 g/mol. The molecule has 0 radical (unpaired) electrons. The number of aromatic nitrogens is 3. The number of rotatable bonds is 9. The van der Waals surface area contributed by atoms with Crippen LogP contribution in [-0.4, -0.2) is 33.0 Å². The fourth-order valence-corrected chi connectivity index (χ4v) is 3.03. The van der Waals surface area contributed by atoms with Gasteiger partial charge in [0.1, 0.15) is 0 Å². The third-order valence-corrected chi connectivity index (χ3v) is 4.67. The molecule has 6 nitrogen and oxygen atoms in total. The summed E-state index contributed by atoms with van der Waals surface area (Å²) in [6.07, 6.45) is 2.64. The maximum atomic E-state index is 11.9. The first-order valence-electron chi connectivity index (χ1n) is 7.89. The van der Waals surface area contributed by atoms with Crippen molar-refractivity contribution in [2.45, 2.75) is 37.9 Å². The number of carbonyl (C=O) groups is 1. The Morgan fingerprint density at radius 3 is 2.83 bits per heavy atom. The Hall–Kier alpha value is -1.73. The number of hydrogen-bond acceptors (Lipinski definition) is 4. The van der Waals surface area contributed by atoms with Gasteiger partial charge in [0, 0.05) is 18.1 Å². The predicted molar refractivity (Wildman–Crippen MR) is 96.6 cm³/mol. The first-order valence-corrected chi connectivity index (χ1v) is 9.25. The van der Waals surface area contributed by atoms with E-state index in [9.17, 15) is 9.59 Å². The van der Waals surface area contributed by atoms with Gasteiger partial charge in [-0.3, -0.25) is 9.36 Å². The van der Waals surface area contributed by atoms with Gasteiger partial charge in [-0.15, -0.1) is 5.10 Å². The molecule has 0 atom stereocenters. The number of nitrogens with one attached hydrogen (secondary N) is 2. The molecule has 2 rings (SSSR count). The molecular weight excluding hydrogens is 348 g/mol. The molecular formula is C16H21ClN4O2S. The van der Waals surface area contributed by atoms with Gasteiger partial charge in [0.05, 0.1) is 5.75 Å². The summed E-state index contributed by atoms with van der Waals surface area (Å²) >= 11 is 7.10. The SMILES string of the molecule is CCCCn1c(SCC(=O)NCCc2ccc(Cl)cc2)n[nH]c1=O. The summed E-state index contributed by atoms with van der Waals surface area (Å²) in [5.41, 5.74) is 0.891. The Labute approximate surface area is 150 Å². The van der Waals surface area contributed by atoms with E-state index in [1.54, 1.807) is 4.57 Å². The quantitative estimate of drug-likeness (QED) is 0.666. The standard InChI is InChI=1S/C16H21ClN4O2S/c1-2-3-10-21-15(23)19-20-16(21)24-11-14(22)18-9-8-12-4-6-13(17)7-5-12/h4-7H,2-3,8-11H2,1H3,(H,18,22)(H,19,23). The van der Waals surface area contributed by atoms with E-state index >= 15 is 0 Å². The number of H-pyrrole nitrogens is 1. The molecule has 0 aliphatic heterocycles. The molecule has 2 aromatic rings. The minimum Gasteiger partial charge on any atom is -0.355 e. The first kappa shape index (κ1) is 18.6. The van der Waals surface area contributed by atoms with Crippen LogP contribution in [0.15, 0.2) is 34.2 Å². The molecule has 24 heavy (non-hydrogen) atoms. The second-order valence-electron chi connectivity index (χ2n) is 5.33. The number of nitrogens with zero attached hydrogens (tertiary/aromatic N) is 2. The smallest absolute Gasteiger partial charge is 0.343 e. The third-order valence-electron chi connectivity index (χ3n) is 3.44. The largest absolute Gasteiger partial charge is 0.355 e. The lowest BCUT2D eigenvalue weighted by Gasteiger charge is -2.06. The molecule has 1 aromatic heterocycles. The van der Waals surface area contributed by atoms with Crippen LogP contribution in [0.2, 0.25) is 5.02 Å². The van der Waals surface area contributed by atoms with Gasteiger partial charge in [-0.05, 0) is 30.5 Å². The van der Waals surface area contributed by atoms with Gasteiger partial charge in [0.25, 0.3) is 0 Å². The molecule has 0 spiro atoms. The lowest BCUT2D eigenvalue weighted by Crippen LogP contribution is -2.27. The summed E-state index contributed by atoms with van der Waals surface area (Å²) < 4.78 is 1.58. The van der Waals surface area contributed by atoms with Gasteiger partial charge in [-0.25, -0.2) is 9.89 Å². The number of amides is 1. The maximum absolute atomic E-state index is 11.9. The molecule has 0 saturated carbocycles. The Balaban J connectivity index is 1.75. The highest BCUT2D eigenvalue weighted by Crippen LogP contribution is 2.13. The van der Waals surface area contributed by atoms with E-state index in [0.29, 0.717) is 23.3 Å². The molecule has 1 aromatic carbocycles. The zero-order valence-corrected chi connectivity index (χ0v) is 15.1. The zero-order valence-electron chi connectivity index (χ0n) is 13.5. The molecule has 1 heterocycles. The minimum atomic E-state index is -0.228. The van der Waals surface area contributed by atoms with E-state index in [2.05, 4.69) is 22.4 Å². The summed E-state index contributed by atoms with van der Waals surface area (Å²) in [4.78, 5) is 23.6. The van der Waals surface area contributed by atoms with E-state index in [1.807, 2.05) is 24.3 Å². The normalized spacial score (nSPS) is 10.8. The molecule has 0 aliphatic rings. The number of thioether (sulfide) groups is 1. The Morgan fingerprint density at radius 1 is 1.38 bits per heavy atom. The molecule has 130 valence electrons. The zero-order chi connectivity index (χ0) is 17.4. The van der Waals surface area contributed by atoms with E-state index in [1.165, 1.54) is 11.8 Å². The van der Waals surface area contributed by atoms with Crippen molar-refractivity contribution in [3.8, 4) is 0 Å². The van der Waals surface area contributed by atoms with Crippen molar-refractivity contribution in [2.75, 3.05) is 12.3 Å². The molecule has 8 heteroatoms. The molecule has 0 bridgehead atoms. The molecule has 0 fully saturated rings. The van der Waals surface area contributed by atoms with Gasteiger partial charge in [0.2, 0.25) is 5.91 Å². The van der Waals surface area contributed by atoms with E-state index in [4.69, 9.17) is 11.6 Å². The lowest BCUT2D eigenvalue weighted by atomic mass is 10.1. The van der Waals surface area contributed by atoms with Crippen molar-refractivity contribution in [1.82, 2.24) is 20.1 Å². The van der Waals surface area contributed by atoms with Crippen molar-refractivity contribution in [2.24, 2.45) is 0 Å². The van der Waals surface area contributed by atoms with Gasteiger partial charge in [-0.2, -0.15) is 0 Å². The second kappa shape index (κ2) is 9.54. The van der Waals surface area contributed by atoms with Crippen LogP contribution in [0.1, 0.15) is 25.3 Å². The second-order valence-corrected chi connectivity index (χ2v) is 6.71. The number of carbonyl (C=O) groups excluding carboxylic acids is 1. The van der Waals surface area contributed by atoms with Gasteiger partial charge in [0.15, 0.2) is 5.16 Å². The van der Waals surface area contributed by atoms with Gasteiger partial charge < -0.3 is 5.32 Å². The van der Waals surface area contributed by atoms with Crippen molar-refractivity contribution >= 4 is 29.3 Å². The molecule has 2 N–H and O–H groups in total. The Bertz CT molecular complexity index is 712. The minimum absolute atomic E-state index is 0.0774. The van der Waals surface area contributed by atoms with Crippen molar-refractivity contribution in [1.29, 1.82) is 0 Å². The molecule has 0 saturated heterocycles. The maximum Gasteiger partial charge on any atom is 0.343 e. The predicted octanol–water partition coefficient (Wildman–Crippen LogP) is 2.48. The fraction of sp³-hybridized carbons (Fsp3) is 0.438. The third kappa shape index (κ3) is 5.72. The lowest BCUT2D eigenvalue weighted by molar-refractivity contribution is -0.118. The number of benzene rings is 1. The highest BCUT2D eigenvalue weighted by molar-refractivity contribution is 7.99. The highest BCUT2D eigenvalue weighted by atomic mass is 35.5. The number of halogens is 1. The topological polar surface area (TPSA) is 79.8 Å². The van der Waals surface area contributed by atoms with Crippen LogP contribution in [0.3, 0.4) is 0 Å². The number of unbranched alkanes of at least 4 members (excludes halogenated alkanes) is 1. The molecule has 0 aliphatic carbocycles. The van der Waals surface area contributed by atoms with E-state index in [-0.39, 0.29) is 17.3 Å². The van der Waals surface area contributed by atoms with Crippen molar-refractivity contribution in [3.63, 3.8) is 0 Å². The van der Waals surface area contributed by atoms with Crippen LogP contribution in [0.4, 0.5) is 0 Å². The van der Waals surface area contributed by atoms with Crippen molar-refractivity contribution in [3.05, 3.63) is 45.3 Å². The number of hydrogen-bond donors (Lipinski definition) is 2. The average molecular weight is 369 g/mol. The van der Waals surface area contributed by atoms with Gasteiger partial charge >= 0.3 is 5.69 Å². The fourth-order valence-electron chi connectivity index (χ4n) is 2.11. The van der Waals surface area contributed by atoms with Crippen LogP contribution in [0.5, 0.6) is 0 Å². The summed E-state index contributed by atoms with van der Waals surface area (Å²) in [5.74, 6) is 0.156. The highest BCUT2D eigenvalue weighted by Gasteiger charge is 2.10. The Morgan fingerprint density at radius 2 is 2.12 bits per heavy atom. The Kier molecular flexibility index (Phi) is 7.39. The van der Waals surface area contributed by atoms with Crippen LogP contribution in [0.25, 0.3) is 0 Å². The average Bonchev–Trinajstić information content (AvgIpc) is 2.93. The van der Waals surface area contributed by atoms with E-state index in [0.717, 1.165) is 24.8 Å². The van der Waals surface area contributed by atoms with Crippen LogP contribution in [-0.2, 0) is 17.8 Å². The van der Waals surface area contributed by atoms with Crippen LogP contribution >= 0.6 is 23.4 Å². The summed E-state index contributed by atoms with van der Waals surface area (Å²) in [7, 11) is 0. The van der Waals surface area contributed by atoms with Crippen LogP contribution in [0, 0.1) is 0 Å². The summed E-state index contributed by atoms with van der Waals surface area (Å²) in [5, 5.41) is 10.5. The van der Waals surface area contributed by atoms with Gasteiger partial charge in [-0.1, -0.05) is 48.8 Å². The molecule has 0 unspecified atom stereocenters. The molecule has 1 amide bonds. The first-order chi connectivity index (χ1) is 11.6. The summed E-state index contributed by atoms with van der Waals surface area (Å²) in [6.45, 7) is 3.24. The number of aromatic amines is 1. The van der Waals surface area contributed by atoms with Crippen LogP contribution < -0.4 is 11.0 Å². The van der Waals surface area contributed by atoms with Crippen molar-refractivity contribution < 1.29 is 4.79 Å². The van der Waals surface area contributed by atoms with E-state index < -0.39 is 0 Å². The summed E-state index contributed by atoms with van der Waals surface area (Å²) in [6, 6.07) is 7.56.